The van der Waals surface area contributed by atoms with E-state index >= 15 is 0 Å². The van der Waals surface area contributed by atoms with Crippen molar-refractivity contribution < 1.29 is 23.1 Å². The number of amides is 1. The molecule has 0 fully saturated rings. The Kier molecular flexibility index (Phi) is 7.17. The number of sulfone groups is 1. The second-order valence-electron chi connectivity index (χ2n) is 6.74. The number of carbonyl (C=O) groups is 2. The van der Waals surface area contributed by atoms with Crippen LogP contribution in [0.1, 0.15) is 46.1 Å². The second-order valence-corrected chi connectivity index (χ2v) is 9.02. The van der Waals surface area contributed by atoms with Gasteiger partial charge in [-0.25, -0.2) is 8.42 Å². The number of carboxylic acids is 1. The SMILES string of the molecule is CCS(=O)(=O)c1ccc(CCC(=O)NC(C)(CC(=O)O)C(C)C)cc1. The predicted molar refractivity (Wildman–Crippen MR) is 96.1 cm³/mol. The molecule has 0 aliphatic rings. The summed E-state index contributed by atoms with van der Waals surface area (Å²) in [5, 5.41) is 11.9. The molecular weight excluding hydrogens is 342 g/mol. The maximum Gasteiger partial charge on any atom is 0.305 e. The van der Waals surface area contributed by atoms with E-state index in [1.807, 2.05) is 13.8 Å². The quantitative estimate of drug-likeness (QED) is 0.696. The first-order valence-electron chi connectivity index (χ1n) is 8.34. The minimum absolute atomic E-state index is 0.0221. The monoisotopic (exact) mass is 369 g/mol. The fraction of sp³-hybridized carbons (Fsp3) is 0.556. The molecule has 0 saturated carbocycles. The second kappa shape index (κ2) is 8.47. The van der Waals surface area contributed by atoms with Crippen LogP contribution in [-0.2, 0) is 25.8 Å². The lowest BCUT2D eigenvalue weighted by Gasteiger charge is -2.33. The Morgan fingerprint density at radius 3 is 2.20 bits per heavy atom. The van der Waals surface area contributed by atoms with Crippen LogP contribution in [-0.4, -0.2) is 36.7 Å². The van der Waals surface area contributed by atoms with Gasteiger partial charge in [-0.15, -0.1) is 0 Å². The standard InChI is InChI=1S/C18H27NO5S/c1-5-25(23,24)15-9-6-14(7-10-15)8-11-16(20)19-18(4,13(2)3)12-17(21)22/h6-7,9-10,13H,5,8,11-12H2,1-4H3,(H,19,20)(H,21,22). The summed E-state index contributed by atoms with van der Waals surface area (Å²) in [6, 6.07) is 6.51. The van der Waals surface area contributed by atoms with Crippen molar-refractivity contribution >= 4 is 21.7 Å². The molecule has 0 spiro atoms. The van der Waals surface area contributed by atoms with E-state index in [4.69, 9.17) is 5.11 Å². The van der Waals surface area contributed by atoms with Crippen molar-refractivity contribution in [3.63, 3.8) is 0 Å². The van der Waals surface area contributed by atoms with Crippen LogP contribution in [0.4, 0.5) is 0 Å². The van der Waals surface area contributed by atoms with Crippen molar-refractivity contribution in [2.24, 2.45) is 5.92 Å². The third kappa shape index (κ3) is 6.16. The van der Waals surface area contributed by atoms with E-state index in [9.17, 15) is 18.0 Å². The number of carbonyl (C=O) groups excluding carboxylic acids is 1. The zero-order valence-corrected chi connectivity index (χ0v) is 16.0. The van der Waals surface area contributed by atoms with Crippen molar-refractivity contribution in [1.82, 2.24) is 5.32 Å². The Hall–Kier alpha value is -1.89. The molecule has 0 saturated heterocycles. The van der Waals surface area contributed by atoms with E-state index in [1.54, 1.807) is 38.1 Å². The number of nitrogens with one attached hydrogen (secondary N) is 1. The van der Waals surface area contributed by atoms with Gasteiger partial charge >= 0.3 is 5.97 Å². The van der Waals surface area contributed by atoms with Crippen molar-refractivity contribution in [3.05, 3.63) is 29.8 Å². The summed E-state index contributed by atoms with van der Waals surface area (Å²) in [7, 11) is -3.23. The Bertz CT molecular complexity index is 709. The molecule has 6 nitrogen and oxygen atoms in total. The van der Waals surface area contributed by atoms with Gasteiger partial charge in [0, 0.05) is 12.0 Å². The number of hydrogen-bond acceptors (Lipinski definition) is 4. The number of rotatable bonds is 9. The van der Waals surface area contributed by atoms with Crippen molar-refractivity contribution in [3.8, 4) is 0 Å². The van der Waals surface area contributed by atoms with Gasteiger partial charge in [0.15, 0.2) is 9.84 Å². The Balaban J connectivity index is 2.68. The molecule has 1 unspecified atom stereocenters. The van der Waals surface area contributed by atoms with Gasteiger partial charge in [-0.1, -0.05) is 32.9 Å². The molecule has 0 aliphatic heterocycles. The number of aliphatic carboxylic acids is 1. The van der Waals surface area contributed by atoms with Crippen molar-refractivity contribution in [2.45, 2.75) is 57.4 Å². The molecule has 0 bridgehead atoms. The average molecular weight is 369 g/mol. The third-order valence-electron chi connectivity index (χ3n) is 4.52. The van der Waals surface area contributed by atoms with E-state index in [0.717, 1.165) is 5.56 Å². The van der Waals surface area contributed by atoms with E-state index in [-0.39, 0.29) is 35.3 Å². The average Bonchev–Trinajstić information content (AvgIpc) is 2.52. The lowest BCUT2D eigenvalue weighted by Crippen LogP contribution is -2.51. The summed E-state index contributed by atoms with van der Waals surface area (Å²) in [6.07, 6.45) is 0.529. The van der Waals surface area contributed by atoms with Crippen molar-refractivity contribution in [1.29, 1.82) is 0 Å². The summed E-state index contributed by atoms with van der Waals surface area (Å²) in [6.45, 7) is 7.07. The molecule has 0 heterocycles. The fourth-order valence-corrected chi connectivity index (χ4v) is 3.26. The largest absolute Gasteiger partial charge is 0.481 e. The summed E-state index contributed by atoms with van der Waals surface area (Å²) >= 11 is 0. The van der Waals surface area contributed by atoms with Crippen LogP contribution in [0.25, 0.3) is 0 Å². The van der Waals surface area contributed by atoms with Gasteiger partial charge in [0.1, 0.15) is 0 Å². The molecule has 1 amide bonds. The summed E-state index contributed by atoms with van der Waals surface area (Å²) in [5.74, 6) is -1.15. The Morgan fingerprint density at radius 2 is 1.76 bits per heavy atom. The van der Waals surface area contributed by atoms with Crippen LogP contribution >= 0.6 is 0 Å². The molecule has 0 aromatic heterocycles. The molecule has 0 aliphatic carbocycles. The van der Waals surface area contributed by atoms with E-state index in [1.165, 1.54) is 0 Å². The van der Waals surface area contributed by atoms with Crippen LogP contribution in [0.3, 0.4) is 0 Å². The van der Waals surface area contributed by atoms with Gasteiger partial charge in [-0.05, 0) is 37.0 Å². The van der Waals surface area contributed by atoms with Crippen LogP contribution in [0.5, 0.6) is 0 Å². The van der Waals surface area contributed by atoms with Gasteiger partial charge in [-0.3, -0.25) is 9.59 Å². The molecular formula is C18H27NO5S. The van der Waals surface area contributed by atoms with Gasteiger partial charge < -0.3 is 10.4 Å². The zero-order chi connectivity index (χ0) is 19.3. The summed E-state index contributed by atoms with van der Waals surface area (Å²) in [5.41, 5.74) is 0.0526. The normalized spacial score (nSPS) is 14.1. The first kappa shape index (κ1) is 21.2. The highest BCUT2D eigenvalue weighted by molar-refractivity contribution is 7.91. The van der Waals surface area contributed by atoms with Gasteiger partial charge in [0.05, 0.1) is 17.1 Å². The zero-order valence-electron chi connectivity index (χ0n) is 15.2. The van der Waals surface area contributed by atoms with Gasteiger partial charge in [0.25, 0.3) is 0 Å². The van der Waals surface area contributed by atoms with Gasteiger partial charge in [-0.2, -0.15) is 0 Å². The highest BCUT2D eigenvalue weighted by atomic mass is 32.2. The first-order chi connectivity index (χ1) is 11.5. The number of benzene rings is 1. The smallest absolute Gasteiger partial charge is 0.305 e. The molecule has 2 N–H and O–H groups in total. The molecule has 1 rings (SSSR count). The predicted octanol–water partition coefficient (Wildman–Crippen LogP) is 2.42. The lowest BCUT2D eigenvalue weighted by molar-refractivity contribution is -0.139. The van der Waals surface area contributed by atoms with Crippen molar-refractivity contribution in [2.75, 3.05) is 5.75 Å². The van der Waals surface area contributed by atoms with Crippen LogP contribution in [0.2, 0.25) is 0 Å². The maximum atomic E-state index is 12.2. The molecule has 25 heavy (non-hydrogen) atoms. The molecule has 1 aromatic carbocycles. The molecule has 0 radical (unpaired) electrons. The van der Waals surface area contributed by atoms with Crippen LogP contribution < -0.4 is 5.32 Å². The molecule has 140 valence electrons. The highest BCUT2D eigenvalue weighted by Gasteiger charge is 2.32. The number of hydrogen-bond donors (Lipinski definition) is 2. The minimum Gasteiger partial charge on any atom is -0.481 e. The summed E-state index contributed by atoms with van der Waals surface area (Å²) in [4.78, 5) is 23.5. The summed E-state index contributed by atoms with van der Waals surface area (Å²) < 4.78 is 23.5. The number of carboxylic acid groups (broad SMARTS) is 1. The molecule has 1 aromatic rings. The van der Waals surface area contributed by atoms with Crippen LogP contribution in [0, 0.1) is 5.92 Å². The van der Waals surface area contributed by atoms with E-state index < -0.39 is 21.3 Å². The highest BCUT2D eigenvalue weighted by Crippen LogP contribution is 2.21. The Labute approximate surface area is 149 Å². The van der Waals surface area contributed by atoms with Gasteiger partial charge in [0.2, 0.25) is 5.91 Å². The lowest BCUT2D eigenvalue weighted by atomic mass is 9.85. The van der Waals surface area contributed by atoms with E-state index in [0.29, 0.717) is 6.42 Å². The Morgan fingerprint density at radius 1 is 1.20 bits per heavy atom. The fourth-order valence-electron chi connectivity index (χ4n) is 2.38. The minimum atomic E-state index is -3.23. The molecule has 7 heteroatoms. The molecule has 1 atom stereocenters. The third-order valence-corrected chi connectivity index (χ3v) is 6.27. The van der Waals surface area contributed by atoms with E-state index in [2.05, 4.69) is 5.32 Å². The first-order valence-corrected chi connectivity index (χ1v) is 10.00. The number of aryl methyl sites for hydroxylation is 1. The van der Waals surface area contributed by atoms with Crippen LogP contribution in [0.15, 0.2) is 29.2 Å². The maximum absolute atomic E-state index is 12.2. The topological polar surface area (TPSA) is 101 Å².